The Kier molecular flexibility index (Phi) is 3.38. The van der Waals surface area contributed by atoms with Crippen LogP contribution in [-0.4, -0.2) is 38.6 Å². The van der Waals surface area contributed by atoms with Crippen LogP contribution in [0, 0.1) is 0 Å². The molecule has 104 valence electrons. The highest BCUT2D eigenvalue weighted by Gasteiger charge is 2.51. The van der Waals surface area contributed by atoms with Gasteiger partial charge in [-0.25, -0.2) is 13.4 Å². The van der Waals surface area contributed by atoms with Crippen LogP contribution < -0.4 is 4.83 Å². The molecule has 0 radical (unpaired) electrons. The molecule has 1 saturated carbocycles. The van der Waals surface area contributed by atoms with E-state index in [0.717, 1.165) is 0 Å². The van der Waals surface area contributed by atoms with E-state index in [1.807, 2.05) is 0 Å². The minimum atomic E-state index is -3.59. The Morgan fingerprint density at radius 2 is 1.79 bits per heavy atom. The molecule has 0 aromatic heterocycles. The van der Waals surface area contributed by atoms with E-state index in [1.54, 1.807) is 26.2 Å². The number of rotatable bonds is 5. The standard InChI is InChI=1S/C12H16N2O4S/c1-14(2)13-19(17,18)10-5-3-9(4-6-10)12(7-8-12)11(15)16/h3-6,13H,7-8H2,1-2H3,(H,15,16). The number of carboxylic acid groups (broad SMARTS) is 1. The first-order chi connectivity index (χ1) is 8.78. The van der Waals surface area contributed by atoms with E-state index in [2.05, 4.69) is 4.83 Å². The number of nitrogens with zero attached hydrogens (tertiary/aromatic N) is 1. The lowest BCUT2D eigenvalue weighted by Gasteiger charge is -2.14. The van der Waals surface area contributed by atoms with Crippen LogP contribution in [0.3, 0.4) is 0 Å². The predicted octanol–water partition coefficient (Wildman–Crippen LogP) is 0.558. The summed E-state index contributed by atoms with van der Waals surface area (Å²) in [5.74, 6) is -0.852. The number of hydrogen-bond acceptors (Lipinski definition) is 4. The van der Waals surface area contributed by atoms with Gasteiger partial charge in [0.25, 0.3) is 10.0 Å². The summed E-state index contributed by atoms with van der Waals surface area (Å²) < 4.78 is 23.8. The number of aliphatic carboxylic acids is 1. The van der Waals surface area contributed by atoms with Gasteiger partial charge < -0.3 is 5.11 Å². The highest BCUT2D eigenvalue weighted by Crippen LogP contribution is 2.48. The van der Waals surface area contributed by atoms with Crippen LogP contribution in [0.25, 0.3) is 0 Å². The molecule has 1 aliphatic rings. The minimum Gasteiger partial charge on any atom is -0.481 e. The van der Waals surface area contributed by atoms with E-state index in [0.29, 0.717) is 18.4 Å². The molecule has 1 aromatic rings. The summed E-state index contributed by atoms with van der Waals surface area (Å²) in [4.78, 5) is 13.6. The van der Waals surface area contributed by atoms with E-state index >= 15 is 0 Å². The van der Waals surface area contributed by atoms with Crippen molar-refractivity contribution in [3.63, 3.8) is 0 Å². The molecule has 1 fully saturated rings. The monoisotopic (exact) mass is 284 g/mol. The molecule has 6 nitrogen and oxygen atoms in total. The molecule has 0 aliphatic heterocycles. The first-order valence-electron chi connectivity index (χ1n) is 5.82. The van der Waals surface area contributed by atoms with Crippen LogP contribution in [-0.2, 0) is 20.2 Å². The average Bonchev–Trinajstić information content (AvgIpc) is 3.08. The Hall–Kier alpha value is -1.44. The van der Waals surface area contributed by atoms with Gasteiger partial charge in [0.05, 0.1) is 10.3 Å². The fourth-order valence-electron chi connectivity index (χ4n) is 2.00. The Balaban J connectivity index is 2.27. The second-order valence-electron chi connectivity index (χ2n) is 4.90. The summed E-state index contributed by atoms with van der Waals surface area (Å²) in [5.41, 5.74) is -0.152. The molecule has 1 aromatic carbocycles. The van der Waals surface area contributed by atoms with Crippen LogP contribution >= 0.6 is 0 Å². The molecule has 1 aliphatic carbocycles. The fraction of sp³-hybridized carbons (Fsp3) is 0.417. The van der Waals surface area contributed by atoms with E-state index in [1.165, 1.54) is 17.1 Å². The van der Waals surface area contributed by atoms with Gasteiger partial charge in [0.2, 0.25) is 0 Å². The molecule has 0 heterocycles. The average molecular weight is 284 g/mol. The largest absolute Gasteiger partial charge is 0.481 e. The zero-order valence-corrected chi connectivity index (χ0v) is 11.6. The number of carbonyl (C=O) groups is 1. The molecular formula is C12H16N2O4S. The van der Waals surface area contributed by atoms with Crippen LogP contribution in [0.1, 0.15) is 18.4 Å². The third-order valence-electron chi connectivity index (χ3n) is 3.18. The topological polar surface area (TPSA) is 86.7 Å². The molecular weight excluding hydrogens is 268 g/mol. The quantitative estimate of drug-likeness (QED) is 0.771. The zero-order chi connectivity index (χ0) is 14.3. The molecule has 19 heavy (non-hydrogen) atoms. The number of hydrogen-bond donors (Lipinski definition) is 2. The summed E-state index contributed by atoms with van der Waals surface area (Å²) in [6, 6.07) is 6.02. The maximum Gasteiger partial charge on any atom is 0.314 e. The van der Waals surface area contributed by atoms with Crippen LogP contribution in [0.2, 0.25) is 0 Å². The molecule has 0 amide bonds. The van der Waals surface area contributed by atoms with Gasteiger partial charge in [0, 0.05) is 14.1 Å². The molecule has 0 spiro atoms. The van der Waals surface area contributed by atoms with Crippen molar-refractivity contribution in [2.45, 2.75) is 23.2 Å². The second-order valence-corrected chi connectivity index (χ2v) is 6.56. The SMILES string of the molecule is CN(C)NS(=O)(=O)c1ccc(C2(C(=O)O)CC2)cc1. The highest BCUT2D eigenvalue weighted by molar-refractivity contribution is 7.89. The molecule has 7 heteroatoms. The van der Waals surface area contributed by atoms with Gasteiger partial charge >= 0.3 is 5.97 Å². The summed E-state index contributed by atoms with van der Waals surface area (Å²) in [7, 11) is -0.435. The second kappa shape index (κ2) is 4.59. The minimum absolute atomic E-state index is 0.117. The van der Waals surface area contributed by atoms with Gasteiger partial charge in [-0.05, 0) is 30.5 Å². The maximum absolute atomic E-state index is 11.9. The van der Waals surface area contributed by atoms with Gasteiger partial charge in [0.15, 0.2) is 0 Å². The van der Waals surface area contributed by atoms with E-state index < -0.39 is 21.4 Å². The molecule has 0 atom stereocenters. The number of hydrazine groups is 1. The Morgan fingerprint density at radius 1 is 1.26 bits per heavy atom. The molecule has 0 bridgehead atoms. The lowest BCUT2D eigenvalue weighted by molar-refractivity contribution is -0.140. The van der Waals surface area contributed by atoms with Crippen molar-refractivity contribution in [1.82, 2.24) is 9.84 Å². The van der Waals surface area contributed by atoms with Crippen molar-refractivity contribution in [1.29, 1.82) is 0 Å². The maximum atomic E-state index is 11.9. The molecule has 0 saturated heterocycles. The molecule has 2 rings (SSSR count). The lowest BCUT2D eigenvalue weighted by Crippen LogP contribution is -2.36. The van der Waals surface area contributed by atoms with Gasteiger partial charge in [-0.3, -0.25) is 4.79 Å². The smallest absolute Gasteiger partial charge is 0.314 e. The van der Waals surface area contributed by atoms with Crippen LogP contribution in [0.4, 0.5) is 0 Å². The number of nitrogens with one attached hydrogen (secondary N) is 1. The Bertz CT molecular complexity index is 589. The van der Waals surface area contributed by atoms with Gasteiger partial charge in [0.1, 0.15) is 0 Å². The van der Waals surface area contributed by atoms with Crippen molar-refractivity contribution < 1.29 is 18.3 Å². The number of carboxylic acids is 1. The first kappa shape index (κ1) is 14.0. The van der Waals surface area contributed by atoms with Crippen molar-refractivity contribution in [3.8, 4) is 0 Å². The summed E-state index contributed by atoms with van der Waals surface area (Å²) in [6.45, 7) is 0. The van der Waals surface area contributed by atoms with Crippen molar-refractivity contribution in [3.05, 3.63) is 29.8 Å². The normalized spacial score (nSPS) is 17.4. The van der Waals surface area contributed by atoms with Crippen molar-refractivity contribution >= 4 is 16.0 Å². The summed E-state index contributed by atoms with van der Waals surface area (Å²) >= 11 is 0. The van der Waals surface area contributed by atoms with Gasteiger partial charge in [-0.1, -0.05) is 12.1 Å². The van der Waals surface area contributed by atoms with Crippen molar-refractivity contribution in [2.24, 2.45) is 0 Å². The van der Waals surface area contributed by atoms with E-state index in [4.69, 9.17) is 5.11 Å². The van der Waals surface area contributed by atoms with E-state index in [-0.39, 0.29) is 4.90 Å². The summed E-state index contributed by atoms with van der Waals surface area (Å²) in [5, 5.41) is 10.5. The van der Waals surface area contributed by atoms with Gasteiger partial charge in [-0.2, -0.15) is 0 Å². The Labute approximate surface area is 112 Å². The van der Waals surface area contributed by atoms with Gasteiger partial charge in [-0.15, -0.1) is 4.83 Å². The molecule has 2 N–H and O–H groups in total. The number of benzene rings is 1. The fourth-order valence-corrected chi connectivity index (χ4v) is 3.08. The third-order valence-corrected chi connectivity index (χ3v) is 4.68. The predicted molar refractivity (Wildman–Crippen MR) is 69.0 cm³/mol. The molecule has 0 unspecified atom stereocenters. The highest BCUT2D eigenvalue weighted by atomic mass is 32.2. The Morgan fingerprint density at radius 3 is 2.16 bits per heavy atom. The lowest BCUT2D eigenvalue weighted by atomic mass is 9.96. The van der Waals surface area contributed by atoms with Crippen LogP contribution in [0.5, 0.6) is 0 Å². The first-order valence-corrected chi connectivity index (χ1v) is 7.30. The number of sulfonamides is 1. The zero-order valence-electron chi connectivity index (χ0n) is 10.8. The summed E-state index contributed by atoms with van der Waals surface area (Å²) in [6.07, 6.45) is 1.20. The third kappa shape index (κ3) is 2.63. The van der Waals surface area contributed by atoms with Crippen molar-refractivity contribution in [2.75, 3.05) is 14.1 Å². The van der Waals surface area contributed by atoms with E-state index in [9.17, 15) is 13.2 Å². The van der Waals surface area contributed by atoms with Crippen LogP contribution in [0.15, 0.2) is 29.2 Å².